The zero-order valence-electron chi connectivity index (χ0n) is 20.1. The summed E-state index contributed by atoms with van der Waals surface area (Å²) in [7, 11) is 0. The molecule has 182 valence electrons. The van der Waals surface area contributed by atoms with Gasteiger partial charge in [0.05, 0.1) is 28.8 Å². The Balaban J connectivity index is 1.43. The summed E-state index contributed by atoms with van der Waals surface area (Å²) in [6.07, 6.45) is 7.20. The predicted molar refractivity (Wildman–Crippen MR) is 136 cm³/mol. The average molecular weight is 472 g/mol. The number of imidazole rings is 1. The third-order valence-corrected chi connectivity index (χ3v) is 7.40. The lowest BCUT2D eigenvalue weighted by atomic mass is 9.87. The second-order valence-electron chi connectivity index (χ2n) is 10.0. The van der Waals surface area contributed by atoms with Gasteiger partial charge in [-0.1, -0.05) is 18.6 Å². The standard InChI is InChI=1S/C28H33N5O2/c29-17-21-5-4-6-23(15-21)27(35)31-28-30-25-16-22(18-32-13-2-1-3-14-32)9-12-26(25)33(28)19-20-7-10-24(34)11-8-20/h4-6,9,12,15-16,20,24,34H,1-3,7-8,10-11,13-14,18-19H2,(H,30,31,35). The predicted octanol–water partition coefficient (Wildman–Crippen LogP) is 4.70. The highest BCUT2D eigenvalue weighted by Gasteiger charge is 2.23. The number of hydrogen-bond acceptors (Lipinski definition) is 5. The molecule has 2 fully saturated rings. The number of rotatable bonds is 6. The number of nitrogens with zero attached hydrogens (tertiary/aromatic N) is 4. The van der Waals surface area contributed by atoms with E-state index in [0.717, 1.165) is 62.9 Å². The second-order valence-corrected chi connectivity index (χ2v) is 10.0. The fraction of sp³-hybridized carbons (Fsp3) is 0.464. The topological polar surface area (TPSA) is 94.2 Å². The van der Waals surface area contributed by atoms with Gasteiger partial charge in [-0.3, -0.25) is 15.0 Å². The number of aliphatic hydroxyl groups is 1. The number of piperidine rings is 1. The van der Waals surface area contributed by atoms with Gasteiger partial charge >= 0.3 is 0 Å². The van der Waals surface area contributed by atoms with Crippen LogP contribution in [0.15, 0.2) is 42.5 Å². The quantitative estimate of drug-likeness (QED) is 0.544. The zero-order valence-corrected chi connectivity index (χ0v) is 20.1. The first-order valence-electron chi connectivity index (χ1n) is 12.8. The zero-order chi connectivity index (χ0) is 24.2. The molecule has 0 spiro atoms. The molecule has 35 heavy (non-hydrogen) atoms. The van der Waals surface area contributed by atoms with Gasteiger partial charge in [0, 0.05) is 18.7 Å². The highest BCUT2D eigenvalue weighted by molar-refractivity contribution is 6.04. The summed E-state index contributed by atoms with van der Waals surface area (Å²) >= 11 is 0. The van der Waals surface area contributed by atoms with Crippen molar-refractivity contribution in [2.24, 2.45) is 5.92 Å². The van der Waals surface area contributed by atoms with E-state index in [0.29, 0.717) is 23.0 Å². The van der Waals surface area contributed by atoms with E-state index in [9.17, 15) is 15.2 Å². The number of anilines is 1. The van der Waals surface area contributed by atoms with Crippen LogP contribution in [-0.4, -0.2) is 44.7 Å². The number of hydrogen-bond donors (Lipinski definition) is 2. The fourth-order valence-corrected chi connectivity index (χ4v) is 5.42. The maximum atomic E-state index is 13.1. The summed E-state index contributed by atoms with van der Waals surface area (Å²) in [5.41, 5.74) is 4.03. The van der Waals surface area contributed by atoms with Crippen molar-refractivity contribution in [2.75, 3.05) is 18.4 Å². The number of carbonyl (C=O) groups excluding carboxylic acids is 1. The summed E-state index contributed by atoms with van der Waals surface area (Å²) in [6.45, 7) is 3.96. The van der Waals surface area contributed by atoms with Crippen molar-refractivity contribution in [1.82, 2.24) is 14.5 Å². The lowest BCUT2D eigenvalue weighted by molar-refractivity contribution is 0.102. The first-order chi connectivity index (χ1) is 17.1. The SMILES string of the molecule is N#Cc1cccc(C(=O)Nc2nc3cc(CN4CCCCC4)ccc3n2CC2CCC(O)CC2)c1. The highest BCUT2D eigenvalue weighted by Crippen LogP contribution is 2.30. The summed E-state index contributed by atoms with van der Waals surface area (Å²) < 4.78 is 2.12. The van der Waals surface area contributed by atoms with Crippen molar-refractivity contribution in [3.8, 4) is 6.07 Å². The van der Waals surface area contributed by atoms with Gasteiger partial charge in [-0.2, -0.15) is 5.26 Å². The highest BCUT2D eigenvalue weighted by atomic mass is 16.3. The summed E-state index contributed by atoms with van der Waals surface area (Å²) in [6, 6.07) is 15.3. The van der Waals surface area contributed by atoms with Crippen LogP contribution in [0.3, 0.4) is 0 Å². The Morgan fingerprint density at radius 1 is 1.09 bits per heavy atom. The Labute approximate surface area is 206 Å². The molecule has 0 unspecified atom stereocenters. The monoisotopic (exact) mass is 471 g/mol. The molecule has 7 nitrogen and oxygen atoms in total. The van der Waals surface area contributed by atoms with E-state index in [-0.39, 0.29) is 12.0 Å². The van der Waals surface area contributed by atoms with Gasteiger partial charge in [0.2, 0.25) is 5.95 Å². The maximum Gasteiger partial charge on any atom is 0.258 e. The lowest BCUT2D eigenvalue weighted by Crippen LogP contribution is -2.29. The minimum atomic E-state index is -0.272. The summed E-state index contributed by atoms with van der Waals surface area (Å²) in [4.78, 5) is 20.4. The first kappa shape index (κ1) is 23.5. The van der Waals surface area contributed by atoms with Gasteiger partial charge in [0.25, 0.3) is 5.91 Å². The first-order valence-corrected chi connectivity index (χ1v) is 12.8. The van der Waals surface area contributed by atoms with Gasteiger partial charge in [0.15, 0.2) is 0 Å². The van der Waals surface area contributed by atoms with E-state index in [2.05, 4.69) is 39.1 Å². The molecule has 2 heterocycles. The van der Waals surface area contributed by atoms with Crippen LogP contribution in [-0.2, 0) is 13.1 Å². The van der Waals surface area contributed by atoms with E-state index in [1.54, 1.807) is 24.3 Å². The Kier molecular flexibility index (Phi) is 7.12. The smallest absolute Gasteiger partial charge is 0.258 e. The van der Waals surface area contributed by atoms with Gasteiger partial charge in [0.1, 0.15) is 0 Å². The molecule has 2 aliphatic rings. The summed E-state index contributed by atoms with van der Waals surface area (Å²) in [5.74, 6) is 0.696. The maximum absolute atomic E-state index is 13.1. The van der Waals surface area contributed by atoms with Gasteiger partial charge in [-0.25, -0.2) is 4.98 Å². The molecule has 0 atom stereocenters. The molecule has 1 saturated carbocycles. The second kappa shape index (κ2) is 10.6. The third kappa shape index (κ3) is 5.55. The number of amides is 1. The number of nitrogens with one attached hydrogen (secondary N) is 1. The largest absolute Gasteiger partial charge is 0.393 e. The van der Waals surface area contributed by atoms with Gasteiger partial charge in [-0.05, 0) is 93.4 Å². The van der Waals surface area contributed by atoms with Crippen LogP contribution in [0.4, 0.5) is 5.95 Å². The van der Waals surface area contributed by atoms with Crippen LogP contribution in [0, 0.1) is 17.2 Å². The Morgan fingerprint density at radius 2 is 1.89 bits per heavy atom. The number of aliphatic hydroxyl groups excluding tert-OH is 1. The normalized spacial score (nSPS) is 21.0. The Bertz CT molecular complexity index is 1230. The van der Waals surface area contributed by atoms with Crippen molar-refractivity contribution in [2.45, 2.75) is 64.1 Å². The number of fused-ring (bicyclic) bond motifs is 1. The van der Waals surface area contributed by atoms with Crippen molar-refractivity contribution in [1.29, 1.82) is 5.26 Å². The van der Waals surface area contributed by atoms with E-state index in [1.165, 1.54) is 24.8 Å². The van der Waals surface area contributed by atoms with Crippen molar-refractivity contribution in [3.63, 3.8) is 0 Å². The summed E-state index contributed by atoms with van der Waals surface area (Å²) in [5, 5.41) is 22.1. The van der Waals surface area contributed by atoms with E-state index >= 15 is 0 Å². The Hall–Kier alpha value is -3.21. The van der Waals surface area contributed by atoms with Crippen LogP contribution in [0.1, 0.15) is 66.4 Å². The van der Waals surface area contributed by atoms with Gasteiger partial charge in [-0.15, -0.1) is 0 Å². The number of aromatic nitrogens is 2. The molecule has 0 bridgehead atoms. The third-order valence-electron chi connectivity index (χ3n) is 7.40. The van der Waals surface area contributed by atoms with Crippen LogP contribution in [0.5, 0.6) is 0 Å². The number of nitriles is 1. The van der Waals surface area contributed by atoms with Gasteiger partial charge < -0.3 is 9.67 Å². The van der Waals surface area contributed by atoms with Crippen molar-refractivity contribution >= 4 is 22.9 Å². The van der Waals surface area contributed by atoms with E-state index in [4.69, 9.17) is 4.98 Å². The molecule has 1 aliphatic heterocycles. The lowest BCUT2D eigenvalue weighted by Gasteiger charge is -2.27. The van der Waals surface area contributed by atoms with E-state index < -0.39 is 0 Å². The molecule has 1 aromatic heterocycles. The van der Waals surface area contributed by atoms with Crippen LogP contribution < -0.4 is 5.32 Å². The van der Waals surface area contributed by atoms with E-state index in [1.807, 2.05) is 0 Å². The number of benzene rings is 2. The molecule has 2 aromatic carbocycles. The minimum Gasteiger partial charge on any atom is -0.393 e. The van der Waals surface area contributed by atoms with Crippen molar-refractivity contribution < 1.29 is 9.90 Å². The molecule has 7 heteroatoms. The molecule has 1 aliphatic carbocycles. The molecule has 3 aromatic rings. The molecule has 1 saturated heterocycles. The fourth-order valence-electron chi connectivity index (χ4n) is 5.42. The molecular weight excluding hydrogens is 438 g/mol. The molecule has 2 N–H and O–H groups in total. The molecule has 1 amide bonds. The average Bonchev–Trinajstić information content (AvgIpc) is 3.21. The molecular formula is C28H33N5O2. The number of carbonyl (C=O) groups is 1. The Morgan fingerprint density at radius 3 is 2.66 bits per heavy atom. The molecule has 5 rings (SSSR count). The van der Waals surface area contributed by atoms with Crippen molar-refractivity contribution in [3.05, 3.63) is 59.2 Å². The van der Waals surface area contributed by atoms with Crippen LogP contribution in [0.25, 0.3) is 11.0 Å². The van der Waals surface area contributed by atoms with Crippen LogP contribution in [0.2, 0.25) is 0 Å². The van der Waals surface area contributed by atoms with Crippen LogP contribution >= 0.6 is 0 Å². The minimum absolute atomic E-state index is 0.199. The molecule has 0 radical (unpaired) electrons. The number of likely N-dealkylation sites (tertiary alicyclic amines) is 1.